The summed E-state index contributed by atoms with van der Waals surface area (Å²) in [5.74, 6) is 0.517. The minimum absolute atomic E-state index is 0.179. The van der Waals surface area contributed by atoms with Gasteiger partial charge in [-0.2, -0.15) is 0 Å². The average molecular weight is 303 g/mol. The van der Waals surface area contributed by atoms with E-state index in [1.54, 1.807) is 13.8 Å². The lowest BCUT2D eigenvalue weighted by molar-refractivity contribution is 0.476. The molecule has 1 aromatic heterocycles. The molecule has 0 saturated heterocycles. The van der Waals surface area contributed by atoms with Crippen molar-refractivity contribution >= 4 is 33.0 Å². The van der Waals surface area contributed by atoms with E-state index in [1.165, 1.54) is 12.4 Å². The first-order valence-corrected chi connectivity index (χ1v) is 7.74. The molecule has 0 saturated carbocycles. The molecule has 1 aromatic rings. The van der Waals surface area contributed by atoms with Crippen molar-refractivity contribution in [1.29, 1.82) is 0 Å². The lowest BCUT2D eigenvalue weighted by Crippen LogP contribution is -2.47. The van der Waals surface area contributed by atoms with Gasteiger partial charge in [-0.15, -0.1) is 0 Å². The maximum absolute atomic E-state index is 11.2. The third-order valence-corrected chi connectivity index (χ3v) is 3.21. The van der Waals surface area contributed by atoms with E-state index in [2.05, 4.69) is 20.0 Å². The van der Waals surface area contributed by atoms with Crippen LogP contribution in [-0.2, 0) is 10.0 Å². The Bertz CT molecular complexity index is 554. The standard InChI is InChI=1S/C10H17N5O2S2/c1-10(2,15-19(3,16)17)6-14-8-5-12-7(4-13-8)9(11)18/h4-5,15H,6H2,1-3H3,(H2,11,18)(H,13,14). The first kappa shape index (κ1) is 15.7. The molecule has 7 nitrogen and oxygen atoms in total. The predicted octanol–water partition coefficient (Wildman–Crippen LogP) is -0.149. The minimum Gasteiger partial charge on any atom is -0.388 e. The van der Waals surface area contributed by atoms with Crippen LogP contribution in [0.2, 0.25) is 0 Å². The molecule has 9 heteroatoms. The highest BCUT2D eigenvalue weighted by Gasteiger charge is 2.21. The van der Waals surface area contributed by atoms with Crippen molar-refractivity contribution in [2.75, 3.05) is 18.1 Å². The van der Waals surface area contributed by atoms with Crippen molar-refractivity contribution in [3.05, 3.63) is 18.1 Å². The molecule has 19 heavy (non-hydrogen) atoms. The van der Waals surface area contributed by atoms with Crippen LogP contribution in [0.5, 0.6) is 0 Å². The molecular weight excluding hydrogens is 286 g/mol. The molecule has 0 aliphatic carbocycles. The number of rotatable bonds is 6. The van der Waals surface area contributed by atoms with Gasteiger partial charge in [0.25, 0.3) is 0 Å². The zero-order valence-corrected chi connectivity index (χ0v) is 12.6. The molecule has 0 aliphatic heterocycles. The second-order valence-electron chi connectivity index (χ2n) is 4.76. The van der Waals surface area contributed by atoms with E-state index < -0.39 is 15.6 Å². The van der Waals surface area contributed by atoms with E-state index >= 15 is 0 Å². The molecule has 0 fully saturated rings. The molecule has 1 heterocycles. The smallest absolute Gasteiger partial charge is 0.209 e. The number of hydrogen-bond acceptors (Lipinski definition) is 6. The Morgan fingerprint density at radius 3 is 2.47 bits per heavy atom. The summed E-state index contributed by atoms with van der Waals surface area (Å²) in [6.45, 7) is 3.89. The van der Waals surface area contributed by atoms with Gasteiger partial charge < -0.3 is 11.1 Å². The van der Waals surface area contributed by atoms with E-state index in [0.29, 0.717) is 18.1 Å². The van der Waals surface area contributed by atoms with Crippen LogP contribution >= 0.6 is 12.2 Å². The molecule has 4 N–H and O–H groups in total. The third kappa shape index (κ3) is 5.90. The number of thiocarbonyl (C=S) groups is 1. The summed E-state index contributed by atoms with van der Waals surface area (Å²) in [5.41, 5.74) is 5.21. The van der Waals surface area contributed by atoms with E-state index in [-0.39, 0.29) is 4.99 Å². The highest BCUT2D eigenvalue weighted by molar-refractivity contribution is 7.88. The second-order valence-corrected chi connectivity index (χ2v) is 6.95. The van der Waals surface area contributed by atoms with Crippen molar-refractivity contribution in [3.63, 3.8) is 0 Å². The van der Waals surface area contributed by atoms with Crippen LogP contribution in [0, 0.1) is 0 Å². The summed E-state index contributed by atoms with van der Waals surface area (Å²) in [6, 6.07) is 0. The van der Waals surface area contributed by atoms with Crippen LogP contribution in [0.3, 0.4) is 0 Å². The molecule has 0 aliphatic rings. The second kappa shape index (κ2) is 5.76. The number of sulfonamides is 1. The third-order valence-electron chi connectivity index (χ3n) is 2.08. The van der Waals surface area contributed by atoms with Gasteiger partial charge in [-0.25, -0.2) is 23.1 Å². The zero-order chi connectivity index (χ0) is 14.7. The summed E-state index contributed by atoms with van der Waals surface area (Å²) >= 11 is 4.77. The van der Waals surface area contributed by atoms with Gasteiger partial charge in [-0.3, -0.25) is 0 Å². The normalized spacial score (nSPS) is 12.2. The summed E-state index contributed by atoms with van der Waals surface area (Å²) < 4.78 is 24.9. The molecule has 0 radical (unpaired) electrons. The number of nitrogens with zero attached hydrogens (tertiary/aromatic N) is 2. The molecule has 0 amide bonds. The minimum atomic E-state index is -3.26. The maximum Gasteiger partial charge on any atom is 0.209 e. The van der Waals surface area contributed by atoms with Gasteiger partial charge in [0.2, 0.25) is 10.0 Å². The molecular formula is C10H17N5O2S2. The Kier molecular flexibility index (Phi) is 4.77. The van der Waals surface area contributed by atoms with Gasteiger partial charge in [0.1, 0.15) is 16.5 Å². The van der Waals surface area contributed by atoms with E-state index in [9.17, 15) is 8.42 Å². The number of aromatic nitrogens is 2. The van der Waals surface area contributed by atoms with Gasteiger partial charge in [0.05, 0.1) is 18.6 Å². The molecule has 0 atom stereocenters. The fourth-order valence-corrected chi connectivity index (χ4v) is 2.58. The van der Waals surface area contributed by atoms with Gasteiger partial charge in [0.15, 0.2) is 0 Å². The van der Waals surface area contributed by atoms with Crippen LogP contribution < -0.4 is 15.8 Å². The van der Waals surface area contributed by atoms with Crippen LogP contribution in [0.25, 0.3) is 0 Å². The van der Waals surface area contributed by atoms with E-state index in [4.69, 9.17) is 18.0 Å². The van der Waals surface area contributed by atoms with Crippen molar-refractivity contribution in [1.82, 2.24) is 14.7 Å². The van der Waals surface area contributed by atoms with Gasteiger partial charge in [-0.1, -0.05) is 12.2 Å². The number of nitrogens with one attached hydrogen (secondary N) is 2. The lowest BCUT2D eigenvalue weighted by atomic mass is 10.1. The van der Waals surface area contributed by atoms with Crippen LogP contribution in [0.1, 0.15) is 19.5 Å². The Labute approximate surface area is 118 Å². The van der Waals surface area contributed by atoms with E-state index in [0.717, 1.165) is 6.26 Å². The van der Waals surface area contributed by atoms with Crippen molar-refractivity contribution in [3.8, 4) is 0 Å². The average Bonchev–Trinajstić information content (AvgIpc) is 2.24. The summed E-state index contributed by atoms with van der Waals surface area (Å²) in [4.78, 5) is 8.28. The monoisotopic (exact) mass is 303 g/mol. The fraction of sp³-hybridized carbons (Fsp3) is 0.500. The molecule has 0 aromatic carbocycles. The number of nitrogens with two attached hydrogens (primary N) is 1. The summed E-state index contributed by atoms with van der Waals surface area (Å²) in [7, 11) is -3.26. The van der Waals surface area contributed by atoms with Crippen molar-refractivity contribution < 1.29 is 8.42 Å². The van der Waals surface area contributed by atoms with Gasteiger partial charge in [0, 0.05) is 12.1 Å². The van der Waals surface area contributed by atoms with Gasteiger partial charge in [-0.05, 0) is 13.8 Å². The lowest BCUT2D eigenvalue weighted by Gasteiger charge is -2.25. The Hall–Kier alpha value is -1.32. The maximum atomic E-state index is 11.2. The number of hydrogen-bond donors (Lipinski definition) is 3. The molecule has 1 rings (SSSR count). The largest absolute Gasteiger partial charge is 0.388 e. The SMILES string of the molecule is CC(C)(CNc1cnc(C(N)=S)cn1)NS(C)(=O)=O. The first-order chi connectivity index (χ1) is 8.59. The fourth-order valence-electron chi connectivity index (χ4n) is 1.40. The molecule has 0 bridgehead atoms. The molecule has 0 spiro atoms. The molecule has 0 unspecified atom stereocenters. The van der Waals surface area contributed by atoms with Crippen molar-refractivity contribution in [2.24, 2.45) is 5.73 Å². The zero-order valence-electron chi connectivity index (χ0n) is 11.0. The van der Waals surface area contributed by atoms with Gasteiger partial charge >= 0.3 is 0 Å². The quantitative estimate of drug-likeness (QED) is 0.627. The summed E-state index contributed by atoms with van der Waals surface area (Å²) in [5, 5.41) is 2.99. The first-order valence-electron chi connectivity index (χ1n) is 5.44. The highest BCUT2D eigenvalue weighted by Crippen LogP contribution is 2.07. The van der Waals surface area contributed by atoms with Crippen LogP contribution in [-0.4, -0.2) is 41.7 Å². The molecule has 106 valence electrons. The Balaban J connectivity index is 2.64. The number of anilines is 1. The summed E-state index contributed by atoms with van der Waals surface area (Å²) in [6.07, 6.45) is 4.07. The van der Waals surface area contributed by atoms with Crippen LogP contribution in [0.4, 0.5) is 5.82 Å². The Morgan fingerprint density at radius 2 is 2.05 bits per heavy atom. The van der Waals surface area contributed by atoms with E-state index in [1.807, 2.05) is 0 Å². The van der Waals surface area contributed by atoms with Crippen LogP contribution in [0.15, 0.2) is 12.4 Å². The predicted molar refractivity (Wildman–Crippen MR) is 78.5 cm³/mol. The van der Waals surface area contributed by atoms with Crippen molar-refractivity contribution in [2.45, 2.75) is 19.4 Å². The Morgan fingerprint density at radius 1 is 1.42 bits per heavy atom. The topological polar surface area (TPSA) is 110 Å². The highest BCUT2D eigenvalue weighted by atomic mass is 32.2.